The van der Waals surface area contributed by atoms with Crippen molar-refractivity contribution in [1.29, 1.82) is 0 Å². The molecule has 0 saturated heterocycles. The van der Waals surface area contributed by atoms with Crippen LogP contribution in [0.3, 0.4) is 0 Å². The van der Waals surface area contributed by atoms with Crippen LogP contribution >= 0.6 is 11.6 Å². The summed E-state index contributed by atoms with van der Waals surface area (Å²) in [7, 11) is 1.55. The summed E-state index contributed by atoms with van der Waals surface area (Å²) in [4.78, 5) is 16.9. The number of hydrogen-bond acceptors (Lipinski definition) is 5. The number of carbonyl (C=O) groups excluding carboxylic acids is 1. The largest absolute Gasteiger partial charge is 0.493 e. The Hall–Kier alpha value is -3.31. The molecule has 0 bridgehead atoms. The highest BCUT2D eigenvalue weighted by molar-refractivity contribution is 6.32. The van der Waals surface area contributed by atoms with Crippen molar-refractivity contribution in [3.63, 3.8) is 0 Å². The summed E-state index contributed by atoms with van der Waals surface area (Å²) in [6.45, 7) is 2.64. The molecule has 0 spiro atoms. The average Bonchev–Trinajstić information content (AvgIpc) is 3.14. The molecule has 0 atom stereocenters. The first-order valence-electron chi connectivity index (χ1n) is 10.1. The summed E-state index contributed by atoms with van der Waals surface area (Å²) < 4.78 is 16.7. The highest BCUT2D eigenvalue weighted by Gasteiger charge is 2.25. The van der Waals surface area contributed by atoms with Gasteiger partial charge < -0.3 is 14.2 Å². The Morgan fingerprint density at radius 3 is 2.74 bits per heavy atom. The molecule has 0 fully saturated rings. The van der Waals surface area contributed by atoms with Crippen LogP contribution in [0.4, 0.5) is 0 Å². The van der Waals surface area contributed by atoms with E-state index in [0.717, 1.165) is 29.2 Å². The standard InChI is InChI=1S/C25H22ClNO4/c1-3-4-12-30-23-20(26)13-16(15-22(23)29-2)14-21-25(28)31-24(27-21)19-11-7-9-17-8-5-6-10-18(17)19/h5-11,13-15H,3-4,12H2,1-2H3. The summed E-state index contributed by atoms with van der Waals surface area (Å²) in [6, 6.07) is 17.2. The number of methoxy groups -OCH3 is 1. The van der Waals surface area contributed by atoms with E-state index in [1.165, 1.54) is 0 Å². The number of benzene rings is 3. The number of hydrogen-bond donors (Lipinski definition) is 0. The van der Waals surface area contributed by atoms with E-state index in [1.54, 1.807) is 25.3 Å². The smallest absolute Gasteiger partial charge is 0.363 e. The van der Waals surface area contributed by atoms with Crippen molar-refractivity contribution in [2.45, 2.75) is 19.8 Å². The molecule has 6 heteroatoms. The Labute approximate surface area is 185 Å². The normalized spacial score (nSPS) is 14.6. The van der Waals surface area contributed by atoms with Gasteiger partial charge in [0, 0.05) is 5.56 Å². The number of cyclic esters (lactones) is 1. The lowest BCUT2D eigenvalue weighted by atomic mass is 10.0. The number of halogens is 1. The zero-order valence-corrected chi connectivity index (χ0v) is 18.1. The Balaban J connectivity index is 1.68. The maximum atomic E-state index is 12.5. The topological polar surface area (TPSA) is 57.1 Å². The van der Waals surface area contributed by atoms with Crippen molar-refractivity contribution in [2.24, 2.45) is 4.99 Å². The number of nitrogens with zero attached hydrogens (tertiary/aromatic N) is 1. The maximum absolute atomic E-state index is 12.5. The lowest BCUT2D eigenvalue weighted by molar-refractivity contribution is -0.129. The van der Waals surface area contributed by atoms with Gasteiger partial charge in [0.25, 0.3) is 0 Å². The van der Waals surface area contributed by atoms with E-state index >= 15 is 0 Å². The monoisotopic (exact) mass is 435 g/mol. The number of ether oxygens (including phenoxy) is 3. The molecule has 158 valence electrons. The zero-order chi connectivity index (χ0) is 21.8. The minimum Gasteiger partial charge on any atom is -0.493 e. The average molecular weight is 436 g/mol. The lowest BCUT2D eigenvalue weighted by Crippen LogP contribution is -2.05. The molecule has 0 saturated carbocycles. The van der Waals surface area contributed by atoms with Crippen LogP contribution in [0.2, 0.25) is 5.02 Å². The second-order valence-electron chi connectivity index (χ2n) is 7.10. The highest BCUT2D eigenvalue weighted by atomic mass is 35.5. The Morgan fingerprint density at radius 2 is 1.94 bits per heavy atom. The molecule has 5 nitrogen and oxygen atoms in total. The highest BCUT2D eigenvalue weighted by Crippen LogP contribution is 2.37. The molecule has 3 aromatic rings. The lowest BCUT2D eigenvalue weighted by Gasteiger charge is -2.13. The molecule has 0 radical (unpaired) electrons. The van der Waals surface area contributed by atoms with Crippen molar-refractivity contribution in [2.75, 3.05) is 13.7 Å². The number of carbonyl (C=O) groups is 1. The van der Waals surface area contributed by atoms with Gasteiger partial charge in [-0.2, -0.15) is 0 Å². The van der Waals surface area contributed by atoms with Gasteiger partial charge in [0.2, 0.25) is 5.90 Å². The van der Waals surface area contributed by atoms with Gasteiger partial charge in [-0.1, -0.05) is 61.3 Å². The summed E-state index contributed by atoms with van der Waals surface area (Å²) in [5.41, 5.74) is 1.63. The van der Waals surface area contributed by atoms with E-state index in [1.807, 2.05) is 42.5 Å². The first kappa shape index (κ1) is 20.9. The summed E-state index contributed by atoms with van der Waals surface area (Å²) >= 11 is 6.42. The van der Waals surface area contributed by atoms with E-state index in [0.29, 0.717) is 28.7 Å². The first-order valence-corrected chi connectivity index (χ1v) is 10.5. The van der Waals surface area contributed by atoms with Gasteiger partial charge in [-0.05, 0) is 47.0 Å². The Kier molecular flexibility index (Phi) is 6.23. The molecule has 4 rings (SSSR count). The number of aliphatic imine (C=N–C) groups is 1. The van der Waals surface area contributed by atoms with Crippen molar-refractivity contribution in [1.82, 2.24) is 0 Å². The molecular formula is C25H22ClNO4. The summed E-state index contributed by atoms with van der Waals surface area (Å²) in [5, 5.41) is 2.43. The van der Waals surface area contributed by atoms with Crippen LogP contribution in [-0.2, 0) is 9.53 Å². The molecule has 31 heavy (non-hydrogen) atoms. The molecular weight excluding hydrogens is 414 g/mol. The Morgan fingerprint density at radius 1 is 1.13 bits per heavy atom. The number of esters is 1. The fourth-order valence-corrected chi connectivity index (χ4v) is 3.65. The molecule has 0 aromatic heterocycles. The summed E-state index contributed by atoms with van der Waals surface area (Å²) in [6.07, 6.45) is 3.57. The van der Waals surface area contributed by atoms with E-state index in [2.05, 4.69) is 11.9 Å². The predicted molar refractivity (Wildman–Crippen MR) is 123 cm³/mol. The van der Waals surface area contributed by atoms with E-state index < -0.39 is 5.97 Å². The molecule has 0 unspecified atom stereocenters. The minimum absolute atomic E-state index is 0.195. The van der Waals surface area contributed by atoms with Crippen LogP contribution in [0.5, 0.6) is 11.5 Å². The summed E-state index contributed by atoms with van der Waals surface area (Å²) in [5.74, 6) is 0.765. The third-order valence-electron chi connectivity index (χ3n) is 4.94. The van der Waals surface area contributed by atoms with Crippen LogP contribution in [0, 0.1) is 0 Å². The Bertz CT molecular complexity index is 1190. The van der Waals surface area contributed by atoms with Gasteiger partial charge in [0.05, 0.1) is 18.7 Å². The second-order valence-corrected chi connectivity index (χ2v) is 7.51. The molecule has 3 aromatic carbocycles. The molecule has 1 aliphatic heterocycles. The van der Waals surface area contributed by atoms with Gasteiger partial charge in [-0.15, -0.1) is 0 Å². The number of unbranched alkanes of at least 4 members (excludes halogenated alkanes) is 1. The minimum atomic E-state index is -0.513. The zero-order valence-electron chi connectivity index (χ0n) is 17.4. The van der Waals surface area contributed by atoms with Crippen molar-refractivity contribution < 1.29 is 19.0 Å². The van der Waals surface area contributed by atoms with Gasteiger partial charge in [-0.25, -0.2) is 9.79 Å². The van der Waals surface area contributed by atoms with E-state index in [-0.39, 0.29) is 11.6 Å². The van der Waals surface area contributed by atoms with Crippen LogP contribution in [-0.4, -0.2) is 25.6 Å². The SMILES string of the molecule is CCCCOc1c(Cl)cc(C=C2N=C(c3cccc4ccccc34)OC2=O)cc1OC. The fourth-order valence-electron chi connectivity index (χ4n) is 3.38. The van der Waals surface area contributed by atoms with Crippen LogP contribution in [0.1, 0.15) is 30.9 Å². The number of fused-ring (bicyclic) bond motifs is 1. The van der Waals surface area contributed by atoms with Crippen LogP contribution in [0.25, 0.3) is 16.8 Å². The third-order valence-corrected chi connectivity index (χ3v) is 5.22. The molecule has 1 heterocycles. The van der Waals surface area contributed by atoms with Crippen molar-refractivity contribution in [3.05, 3.63) is 76.4 Å². The first-order chi connectivity index (χ1) is 15.1. The second kappa shape index (κ2) is 9.23. The van der Waals surface area contributed by atoms with E-state index in [9.17, 15) is 4.79 Å². The van der Waals surface area contributed by atoms with Gasteiger partial charge >= 0.3 is 5.97 Å². The van der Waals surface area contributed by atoms with E-state index in [4.69, 9.17) is 25.8 Å². The van der Waals surface area contributed by atoms with Gasteiger partial charge in [0.1, 0.15) is 0 Å². The molecule has 0 amide bonds. The molecule has 0 N–H and O–H groups in total. The van der Waals surface area contributed by atoms with Gasteiger partial charge in [-0.3, -0.25) is 0 Å². The fraction of sp³-hybridized carbons (Fsp3) is 0.200. The van der Waals surface area contributed by atoms with Crippen LogP contribution in [0.15, 0.2) is 65.3 Å². The van der Waals surface area contributed by atoms with Crippen molar-refractivity contribution >= 4 is 40.3 Å². The molecule has 1 aliphatic rings. The predicted octanol–water partition coefficient (Wildman–Crippen LogP) is 6.03. The quantitative estimate of drug-likeness (QED) is 0.258. The molecule has 0 aliphatic carbocycles. The third kappa shape index (κ3) is 4.42. The van der Waals surface area contributed by atoms with Crippen molar-refractivity contribution in [3.8, 4) is 11.5 Å². The van der Waals surface area contributed by atoms with Crippen LogP contribution < -0.4 is 9.47 Å². The number of rotatable bonds is 7. The maximum Gasteiger partial charge on any atom is 0.363 e. The van der Waals surface area contributed by atoms with Gasteiger partial charge in [0.15, 0.2) is 17.2 Å².